The lowest BCUT2D eigenvalue weighted by Gasteiger charge is -2.17. The molecule has 0 heterocycles. The minimum atomic E-state index is 0.539. The molecule has 0 bridgehead atoms. The van der Waals surface area contributed by atoms with Gasteiger partial charge < -0.3 is 0 Å². The molecular formula is C15H32. The molecular weight excluding hydrogens is 180 g/mol. The lowest BCUT2D eigenvalue weighted by atomic mass is 9.89. The van der Waals surface area contributed by atoms with Crippen LogP contribution in [0.4, 0.5) is 0 Å². The Morgan fingerprint density at radius 3 is 1.67 bits per heavy atom. The zero-order valence-electron chi connectivity index (χ0n) is 11.7. The highest BCUT2D eigenvalue weighted by atomic mass is 14.1. The van der Waals surface area contributed by atoms with Crippen molar-refractivity contribution < 1.29 is 0 Å². The van der Waals surface area contributed by atoms with Crippen LogP contribution >= 0.6 is 0 Å². The fraction of sp³-hybridized carbons (Fsp3) is 1.00. The minimum absolute atomic E-state index is 0.539. The summed E-state index contributed by atoms with van der Waals surface area (Å²) < 4.78 is 0. The van der Waals surface area contributed by atoms with Gasteiger partial charge in [0.25, 0.3) is 0 Å². The van der Waals surface area contributed by atoms with Gasteiger partial charge in [0, 0.05) is 0 Å². The molecule has 0 radical (unpaired) electrons. The highest BCUT2D eigenvalue weighted by Gasteiger charge is 2.08. The van der Waals surface area contributed by atoms with Crippen molar-refractivity contribution in [3.63, 3.8) is 0 Å². The maximum Gasteiger partial charge on any atom is -0.0383 e. The molecule has 92 valence electrons. The van der Waals surface area contributed by atoms with Gasteiger partial charge in [-0.25, -0.2) is 0 Å². The highest BCUT2D eigenvalue weighted by Crippen LogP contribution is 2.22. The van der Waals surface area contributed by atoms with Crippen molar-refractivity contribution in [1.29, 1.82) is 0 Å². The molecule has 0 amide bonds. The Labute approximate surface area is 97.8 Å². The Hall–Kier alpha value is 0. The second kappa shape index (κ2) is 8.19. The van der Waals surface area contributed by atoms with E-state index < -0.39 is 0 Å². The van der Waals surface area contributed by atoms with Gasteiger partial charge in [0.05, 0.1) is 0 Å². The summed E-state index contributed by atoms with van der Waals surface area (Å²) in [6.45, 7) is 11.7. The van der Waals surface area contributed by atoms with Crippen LogP contribution < -0.4 is 0 Å². The summed E-state index contributed by atoms with van der Waals surface area (Å²) in [5.74, 6) is 0.894. The summed E-state index contributed by atoms with van der Waals surface area (Å²) in [7, 11) is 0. The van der Waals surface area contributed by atoms with Crippen LogP contribution in [-0.2, 0) is 0 Å². The highest BCUT2D eigenvalue weighted by molar-refractivity contribution is 4.61. The van der Waals surface area contributed by atoms with E-state index in [1.165, 1.54) is 51.4 Å². The predicted molar refractivity (Wildman–Crippen MR) is 71.2 cm³/mol. The van der Waals surface area contributed by atoms with Crippen molar-refractivity contribution in [2.45, 2.75) is 86.0 Å². The first-order valence-electron chi connectivity index (χ1n) is 6.92. The Bertz CT molecular complexity index is 127. The second-order valence-electron chi connectivity index (χ2n) is 6.61. The van der Waals surface area contributed by atoms with E-state index in [-0.39, 0.29) is 0 Å². The van der Waals surface area contributed by atoms with E-state index in [2.05, 4.69) is 34.6 Å². The summed E-state index contributed by atoms with van der Waals surface area (Å²) in [5, 5.41) is 0. The van der Waals surface area contributed by atoms with Crippen molar-refractivity contribution in [1.82, 2.24) is 0 Å². The number of rotatable bonds is 8. The van der Waals surface area contributed by atoms with Crippen molar-refractivity contribution in [3.8, 4) is 0 Å². The van der Waals surface area contributed by atoms with E-state index in [1.807, 2.05) is 0 Å². The van der Waals surface area contributed by atoms with E-state index in [4.69, 9.17) is 0 Å². The molecule has 0 N–H and O–H groups in total. The van der Waals surface area contributed by atoms with Gasteiger partial charge in [-0.2, -0.15) is 0 Å². The van der Waals surface area contributed by atoms with Crippen molar-refractivity contribution in [2.24, 2.45) is 11.3 Å². The summed E-state index contributed by atoms with van der Waals surface area (Å²) in [6.07, 6.45) is 11.5. The average molecular weight is 212 g/mol. The molecule has 0 nitrogen and oxygen atoms in total. The molecule has 0 saturated heterocycles. The molecule has 0 spiro atoms. The molecule has 0 aliphatic carbocycles. The Balaban J connectivity index is 3.06. The Morgan fingerprint density at radius 1 is 0.733 bits per heavy atom. The first kappa shape index (κ1) is 15.0. The van der Waals surface area contributed by atoms with Gasteiger partial charge in [-0.3, -0.25) is 0 Å². The molecule has 0 rings (SSSR count). The van der Waals surface area contributed by atoms with Crippen molar-refractivity contribution in [2.75, 3.05) is 0 Å². The van der Waals surface area contributed by atoms with Crippen molar-refractivity contribution in [3.05, 3.63) is 0 Å². The number of unbranched alkanes of at least 4 members (excludes halogenated alkanes) is 5. The average Bonchev–Trinajstić information content (AvgIpc) is 2.07. The van der Waals surface area contributed by atoms with Gasteiger partial charge in [-0.05, 0) is 17.8 Å². The maximum atomic E-state index is 2.34. The standard InChI is InChI=1S/C15H32/c1-14(2)12-10-8-6-7-9-11-13-15(3,4)5/h14H,6-13H2,1-5H3. The van der Waals surface area contributed by atoms with Crippen LogP contribution in [0.2, 0.25) is 0 Å². The molecule has 0 aromatic rings. The first-order valence-corrected chi connectivity index (χ1v) is 6.92. The van der Waals surface area contributed by atoms with Gasteiger partial charge in [0.1, 0.15) is 0 Å². The van der Waals surface area contributed by atoms with Crippen LogP contribution in [-0.4, -0.2) is 0 Å². The molecule has 0 aromatic heterocycles. The SMILES string of the molecule is CC(C)CCCCCCCCC(C)(C)C. The summed E-state index contributed by atoms with van der Waals surface area (Å²) >= 11 is 0. The van der Waals surface area contributed by atoms with Crippen LogP contribution in [0.25, 0.3) is 0 Å². The molecule has 0 unspecified atom stereocenters. The monoisotopic (exact) mass is 212 g/mol. The molecule has 0 aliphatic rings. The summed E-state index contributed by atoms with van der Waals surface area (Å²) in [6, 6.07) is 0. The van der Waals surface area contributed by atoms with Crippen LogP contribution in [0.15, 0.2) is 0 Å². The molecule has 0 fully saturated rings. The second-order valence-corrected chi connectivity index (χ2v) is 6.61. The minimum Gasteiger partial charge on any atom is -0.0628 e. The van der Waals surface area contributed by atoms with E-state index in [0.29, 0.717) is 5.41 Å². The molecule has 0 aliphatic heterocycles. The van der Waals surface area contributed by atoms with Gasteiger partial charge >= 0.3 is 0 Å². The number of hydrogen-bond donors (Lipinski definition) is 0. The van der Waals surface area contributed by atoms with Crippen LogP contribution in [0, 0.1) is 11.3 Å². The van der Waals surface area contributed by atoms with E-state index >= 15 is 0 Å². The van der Waals surface area contributed by atoms with Gasteiger partial charge in [0.15, 0.2) is 0 Å². The Morgan fingerprint density at radius 2 is 1.20 bits per heavy atom. The third-order valence-electron chi connectivity index (χ3n) is 2.96. The third kappa shape index (κ3) is 14.0. The molecule has 15 heavy (non-hydrogen) atoms. The van der Waals surface area contributed by atoms with Gasteiger partial charge in [0.2, 0.25) is 0 Å². The maximum absolute atomic E-state index is 2.34. The van der Waals surface area contributed by atoms with Crippen LogP contribution in [0.1, 0.15) is 86.0 Å². The van der Waals surface area contributed by atoms with E-state index in [1.54, 1.807) is 0 Å². The lowest BCUT2D eigenvalue weighted by molar-refractivity contribution is 0.356. The van der Waals surface area contributed by atoms with Gasteiger partial charge in [-0.1, -0.05) is 79.6 Å². The van der Waals surface area contributed by atoms with Gasteiger partial charge in [-0.15, -0.1) is 0 Å². The third-order valence-corrected chi connectivity index (χ3v) is 2.96. The van der Waals surface area contributed by atoms with E-state index in [0.717, 1.165) is 5.92 Å². The zero-order valence-corrected chi connectivity index (χ0v) is 11.7. The largest absolute Gasteiger partial charge is 0.0628 e. The normalized spacial score (nSPS) is 12.4. The molecule has 0 aromatic carbocycles. The molecule has 0 atom stereocenters. The van der Waals surface area contributed by atoms with E-state index in [9.17, 15) is 0 Å². The fourth-order valence-electron chi connectivity index (χ4n) is 1.92. The van der Waals surface area contributed by atoms with Crippen LogP contribution in [0.3, 0.4) is 0 Å². The topological polar surface area (TPSA) is 0 Å². The molecule has 0 heteroatoms. The quantitative estimate of drug-likeness (QED) is 0.445. The summed E-state index contributed by atoms with van der Waals surface area (Å²) in [5.41, 5.74) is 0.539. The first-order chi connectivity index (χ1) is 6.92. The summed E-state index contributed by atoms with van der Waals surface area (Å²) in [4.78, 5) is 0. The van der Waals surface area contributed by atoms with Crippen LogP contribution in [0.5, 0.6) is 0 Å². The predicted octanol–water partition coefficient (Wildman–Crippen LogP) is 5.81. The smallest absolute Gasteiger partial charge is 0.0383 e. The zero-order chi connectivity index (χ0) is 11.7. The number of hydrogen-bond acceptors (Lipinski definition) is 0. The Kier molecular flexibility index (Phi) is 8.19. The molecule has 0 saturated carbocycles. The fourth-order valence-corrected chi connectivity index (χ4v) is 1.92. The lowest BCUT2D eigenvalue weighted by Crippen LogP contribution is -2.03. The van der Waals surface area contributed by atoms with Crippen molar-refractivity contribution >= 4 is 0 Å².